The Kier molecular flexibility index (Phi) is 7.30. The van der Waals surface area contributed by atoms with Crippen molar-refractivity contribution in [3.05, 3.63) is 29.3 Å². The van der Waals surface area contributed by atoms with E-state index in [1.165, 1.54) is 18.2 Å². The first-order valence-corrected chi connectivity index (χ1v) is 7.21. The van der Waals surface area contributed by atoms with Crippen LogP contribution in [0.2, 0.25) is 0 Å². The maximum absolute atomic E-state index is 12.8. The van der Waals surface area contributed by atoms with E-state index in [0.29, 0.717) is 25.6 Å². The minimum Gasteiger partial charge on any atom is -0.397 e. The standard InChI is InChI=1S/C16H19F2N3O3/c1-16(17,18)24-15(23)13-7-6-12(10-11(13)4-2-8-19)21-14(22)5-3-9-20/h6-7,10H,3,5,8-9,19-20H2,1H3,(H,21,22). The van der Waals surface area contributed by atoms with Crippen molar-refractivity contribution in [2.45, 2.75) is 25.9 Å². The van der Waals surface area contributed by atoms with Gasteiger partial charge in [-0.25, -0.2) is 4.79 Å². The van der Waals surface area contributed by atoms with E-state index in [2.05, 4.69) is 21.9 Å². The topological polar surface area (TPSA) is 107 Å². The van der Waals surface area contributed by atoms with Gasteiger partial charge in [0.15, 0.2) is 0 Å². The summed E-state index contributed by atoms with van der Waals surface area (Å²) in [4.78, 5) is 23.5. The second-order valence-electron chi connectivity index (χ2n) is 4.90. The summed E-state index contributed by atoms with van der Waals surface area (Å²) in [5.41, 5.74) is 11.0. The van der Waals surface area contributed by atoms with E-state index >= 15 is 0 Å². The fourth-order valence-electron chi connectivity index (χ4n) is 1.75. The lowest BCUT2D eigenvalue weighted by atomic mass is 10.1. The zero-order valence-electron chi connectivity index (χ0n) is 13.2. The summed E-state index contributed by atoms with van der Waals surface area (Å²) in [6, 6.07) is 4.05. The highest BCUT2D eigenvalue weighted by Crippen LogP contribution is 2.21. The fourth-order valence-corrected chi connectivity index (χ4v) is 1.75. The first-order valence-electron chi connectivity index (χ1n) is 7.21. The lowest BCUT2D eigenvalue weighted by molar-refractivity contribution is -0.185. The molecule has 0 saturated heterocycles. The highest BCUT2D eigenvalue weighted by atomic mass is 19.3. The molecule has 24 heavy (non-hydrogen) atoms. The number of esters is 1. The van der Waals surface area contributed by atoms with Gasteiger partial charge in [0.05, 0.1) is 12.1 Å². The molecule has 0 aliphatic heterocycles. The zero-order chi connectivity index (χ0) is 18.2. The van der Waals surface area contributed by atoms with E-state index in [1.54, 1.807) is 0 Å². The van der Waals surface area contributed by atoms with Crippen molar-refractivity contribution in [2.75, 3.05) is 18.4 Å². The van der Waals surface area contributed by atoms with Crippen LogP contribution in [0.1, 0.15) is 35.7 Å². The van der Waals surface area contributed by atoms with E-state index in [4.69, 9.17) is 11.5 Å². The molecule has 1 rings (SSSR count). The molecule has 1 amide bonds. The summed E-state index contributed by atoms with van der Waals surface area (Å²) in [7, 11) is 0. The minimum absolute atomic E-state index is 0.0194. The number of nitrogens with two attached hydrogens (primary N) is 2. The molecule has 0 aliphatic carbocycles. The van der Waals surface area contributed by atoms with Crippen LogP contribution in [-0.4, -0.2) is 31.1 Å². The summed E-state index contributed by atoms with van der Waals surface area (Å²) in [6.45, 7) is 0.865. The molecule has 0 atom stereocenters. The average molecular weight is 339 g/mol. The maximum Gasteiger partial charge on any atom is 0.397 e. The lowest BCUT2D eigenvalue weighted by Crippen LogP contribution is -2.21. The Balaban J connectivity index is 3.05. The molecule has 0 unspecified atom stereocenters. The zero-order valence-corrected chi connectivity index (χ0v) is 13.2. The molecule has 8 heteroatoms. The highest BCUT2D eigenvalue weighted by molar-refractivity contribution is 5.95. The van der Waals surface area contributed by atoms with E-state index in [-0.39, 0.29) is 30.0 Å². The Morgan fingerprint density at radius 2 is 2.04 bits per heavy atom. The quantitative estimate of drug-likeness (QED) is 0.537. The lowest BCUT2D eigenvalue weighted by Gasteiger charge is -2.13. The molecule has 1 aromatic rings. The van der Waals surface area contributed by atoms with E-state index in [1.807, 2.05) is 0 Å². The second kappa shape index (κ2) is 8.96. The largest absolute Gasteiger partial charge is 0.397 e. The van der Waals surface area contributed by atoms with Crippen LogP contribution in [0.5, 0.6) is 0 Å². The van der Waals surface area contributed by atoms with E-state index < -0.39 is 12.1 Å². The molecule has 5 N–H and O–H groups in total. The average Bonchev–Trinajstić information content (AvgIpc) is 2.49. The van der Waals surface area contributed by atoms with Gasteiger partial charge in [0, 0.05) is 24.6 Å². The Labute approximate surface area is 138 Å². The molecular formula is C16H19F2N3O3. The van der Waals surface area contributed by atoms with Crippen LogP contribution < -0.4 is 16.8 Å². The summed E-state index contributed by atoms with van der Waals surface area (Å²) in [6.07, 6.45) is -2.83. The Morgan fingerprint density at radius 1 is 1.33 bits per heavy atom. The molecule has 130 valence electrons. The molecule has 1 aromatic carbocycles. The van der Waals surface area contributed by atoms with Crippen molar-refractivity contribution in [3.8, 4) is 11.8 Å². The van der Waals surface area contributed by atoms with Crippen molar-refractivity contribution in [3.63, 3.8) is 0 Å². The number of amides is 1. The number of anilines is 1. The third-order valence-corrected chi connectivity index (χ3v) is 2.73. The summed E-state index contributed by atoms with van der Waals surface area (Å²) < 4.78 is 29.7. The Morgan fingerprint density at radius 3 is 2.62 bits per heavy atom. The van der Waals surface area contributed by atoms with Crippen molar-refractivity contribution in [1.82, 2.24) is 0 Å². The number of ether oxygens (including phenoxy) is 1. The van der Waals surface area contributed by atoms with Gasteiger partial charge >= 0.3 is 12.1 Å². The fraction of sp³-hybridized carbons (Fsp3) is 0.375. The molecule has 0 heterocycles. The van der Waals surface area contributed by atoms with Gasteiger partial charge in [0.2, 0.25) is 5.91 Å². The third-order valence-electron chi connectivity index (χ3n) is 2.73. The van der Waals surface area contributed by atoms with Crippen molar-refractivity contribution in [2.24, 2.45) is 11.5 Å². The van der Waals surface area contributed by atoms with Crippen LogP contribution >= 0.6 is 0 Å². The Hall–Kier alpha value is -2.50. The maximum atomic E-state index is 12.8. The molecule has 0 spiro atoms. The number of carbonyl (C=O) groups excluding carboxylic acids is 2. The van der Waals surface area contributed by atoms with Crippen LogP contribution in [0.3, 0.4) is 0 Å². The molecule has 0 aliphatic rings. The Bertz CT molecular complexity index is 661. The number of hydrogen-bond donors (Lipinski definition) is 3. The molecular weight excluding hydrogens is 320 g/mol. The van der Waals surface area contributed by atoms with Gasteiger partial charge < -0.3 is 21.5 Å². The van der Waals surface area contributed by atoms with Crippen LogP contribution in [0.4, 0.5) is 14.5 Å². The van der Waals surface area contributed by atoms with Gasteiger partial charge in [-0.2, -0.15) is 8.78 Å². The molecule has 0 aromatic heterocycles. The van der Waals surface area contributed by atoms with Crippen LogP contribution in [0.15, 0.2) is 18.2 Å². The van der Waals surface area contributed by atoms with Gasteiger partial charge in [-0.15, -0.1) is 0 Å². The van der Waals surface area contributed by atoms with Crippen LogP contribution in [0.25, 0.3) is 0 Å². The molecule has 0 saturated carbocycles. The van der Waals surface area contributed by atoms with Gasteiger partial charge in [0.1, 0.15) is 0 Å². The van der Waals surface area contributed by atoms with Crippen LogP contribution in [0, 0.1) is 11.8 Å². The van der Waals surface area contributed by atoms with Gasteiger partial charge in [0.25, 0.3) is 0 Å². The number of alkyl halides is 2. The summed E-state index contributed by atoms with van der Waals surface area (Å²) >= 11 is 0. The van der Waals surface area contributed by atoms with Gasteiger partial charge in [-0.05, 0) is 31.2 Å². The molecule has 0 bridgehead atoms. The highest BCUT2D eigenvalue weighted by Gasteiger charge is 2.28. The summed E-state index contributed by atoms with van der Waals surface area (Å²) in [5.74, 6) is 3.66. The number of rotatable bonds is 6. The third kappa shape index (κ3) is 6.73. The molecule has 6 nitrogen and oxygen atoms in total. The first kappa shape index (κ1) is 19.5. The molecule has 0 fully saturated rings. The normalized spacial score (nSPS) is 10.5. The van der Waals surface area contributed by atoms with E-state index in [0.717, 1.165) is 0 Å². The SMILES string of the molecule is CC(F)(F)OC(=O)c1ccc(NC(=O)CCCN)cc1C#CCN. The van der Waals surface area contributed by atoms with Gasteiger partial charge in [-0.3, -0.25) is 4.79 Å². The number of nitrogens with one attached hydrogen (secondary N) is 1. The van der Waals surface area contributed by atoms with Crippen molar-refractivity contribution in [1.29, 1.82) is 0 Å². The monoisotopic (exact) mass is 339 g/mol. The molecule has 0 radical (unpaired) electrons. The smallest absolute Gasteiger partial charge is 0.397 e. The minimum atomic E-state index is -3.61. The number of benzene rings is 1. The first-order chi connectivity index (χ1) is 11.3. The van der Waals surface area contributed by atoms with Crippen LogP contribution in [-0.2, 0) is 9.53 Å². The number of halogens is 2. The predicted molar refractivity (Wildman–Crippen MR) is 85.3 cm³/mol. The summed E-state index contributed by atoms with van der Waals surface area (Å²) in [5, 5.41) is 2.61. The number of carbonyl (C=O) groups is 2. The number of hydrogen-bond acceptors (Lipinski definition) is 5. The van der Waals surface area contributed by atoms with Gasteiger partial charge in [-0.1, -0.05) is 11.8 Å². The predicted octanol–water partition coefficient (Wildman–Crippen LogP) is 1.44. The van der Waals surface area contributed by atoms with E-state index in [9.17, 15) is 18.4 Å². The van der Waals surface area contributed by atoms with Crippen molar-refractivity contribution >= 4 is 17.6 Å². The second-order valence-corrected chi connectivity index (χ2v) is 4.90. The van der Waals surface area contributed by atoms with Crippen molar-refractivity contribution < 1.29 is 23.1 Å².